The Morgan fingerprint density at radius 2 is 2.22 bits per heavy atom. The minimum atomic E-state index is -1.00. The van der Waals surface area contributed by atoms with Gasteiger partial charge in [-0.05, 0) is 18.6 Å². The van der Waals surface area contributed by atoms with Crippen molar-refractivity contribution in [2.24, 2.45) is 0 Å². The zero-order chi connectivity index (χ0) is 16.8. The smallest absolute Gasteiger partial charge is 0.236 e. The van der Waals surface area contributed by atoms with E-state index in [4.69, 9.17) is 4.74 Å². The molecule has 1 aliphatic rings. The quantitative estimate of drug-likeness (QED) is 0.813. The molecule has 5 nitrogen and oxygen atoms in total. The first-order chi connectivity index (χ1) is 11.0. The maximum Gasteiger partial charge on any atom is 0.236 e. The number of hydrogen-bond donors (Lipinski definition) is 1. The lowest BCUT2D eigenvalue weighted by Gasteiger charge is -2.25. The van der Waals surface area contributed by atoms with Gasteiger partial charge in [-0.3, -0.25) is 9.69 Å². The molecule has 1 aromatic carbocycles. The van der Waals surface area contributed by atoms with Gasteiger partial charge in [0.15, 0.2) is 11.6 Å². The monoisotopic (exact) mass is 328 g/mol. The van der Waals surface area contributed by atoms with E-state index in [0.29, 0.717) is 6.54 Å². The number of para-hydroxylation sites is 1. The molecule has 0 radical (unpaired) electrons. The number of nitrogens with zero attached hydrogens (tertiary/aromatic N) is 2. The van der Waals surface area contributed by atoms with Crippen molar-refractivity contribution in [2.45, 2.75) is 18.6 Å². The first-order valence-electron chi connectivity index (χ1n) is 7.61. The molecule has 1 aliphatic heterocycles. The van der Waals surface area contributed by atoms with E-state index in [1.165, 1.54) is 17.0 Å². The number of amides is 1. The molecule has 1 amide bonds. The van der Waals surface area contributed by atoms with Gasteiger partial charge in [-0.1, -0.05) is 12.1 Å². The average Bonchev–Trinajstić information content (AvgIpc) is 2.88. The van der Waals surface area contributed by atoms with Crippen LogP contribution in [0.25, 0.3) is 0 Å². The van der Waals surface area contributed by atoms with Crippen molar-refractivity contribution in [2.75, 3.05) is 39.9 Å². The SMILES string of the molecule is CN(CCOc1ccccc1F)C(=O)CN1C[C@@H](F)C[C@H]1CO. The lowest BCUT2D eigenvalue weighted by molar-refractivity contribution is -0.131. The number of benzene rings is 1. The van der Waals surface area contributed by atoms with E-state index >= 15 is 0 Å². The minimum Gasteiger partial charge on any atom is -0.489 e. The van der Waals surface area contributed by atoms with Crippen LogP contribution in [0.4, 0.5) is 8.78 Å². The van der Waals surface area contributed by atoms with Crippen LogP contribution in [0.15, 0.2) is 24.3 Å². The maximum atomic E-state index is 13.4. The van der Waals surface area contributed by atoms with Crippen molar-refractivity contribution in [1.29, 1.82) is 0 Å². The summed E-state index contributed by atoms with van der Waals surface area (Å²) in [5.41, 5.74) is 0. The molecule has 1 aromatic rings. The molecule has 0 bridgehead atoms. The van der Waals surface area contributed by atoms with Gasteiger partial charge in [0.2, 0.25) is 5.91 Å². The highest BCUT2D eigenvalue weighted by Crippen LogP contribution is 2.19. The first-order valence-corrected chi connectivity index (χ1v) is 7.61. The Kier molecular flexibility index (Phi) is 6.29. The topological polar surface area (TPSA) is 53.0 Å². The molecule has 0 saturated carbocycles. The second kappa shape index (κ2) is 8.21. The molecule has 1 heterocycles. The summed E-state index contributed by atoms with van der Waals surface area (Å²) in [7, 11) is 1.62. The van der Waals surface area contributed by atoms with Crippen molar-refractivity contribution in [1.82, 2.24) is 9.80 Å². The highest BCUT2D eigenvalue weighted by Gasteiger charge is 2.33. The fraction of sp³-hybridized carbons (Fsp3) is 0.562. The summed E-state index contributed by atoms with van der Waals surface area (Å²) in [4.78, 5) is 15.2. The van der Waals surface area contributed by atoms with Crippen molar-refractivity contribution < 1.29 is 23.4 Å². The molecule has 7 heteroatoms. The number of rotatable bonds is 7. The standard InChI is InChI=1S/C16H22F2N2O3/c1-19(6-7-23-15-5-3-2-4-14(15)18)16(22)10-20-9-12(17)8-13(20)11-21/h2-5,12-13,21H,6-11H2,1H3/t12-,13-/m0/s1. The second-order valence-corrected chi connectivity index (χ2v) is 5.69. The molecular weight excluding hydrogens is 306 g/mol. The first kappa shape index (κ1) is 17.6. The Labute approximate surface area is 134 Å². The molecule has 0 aliphatic carbocycles. The Morgan fingerprint density at radius 1 is 1.48 bits per heavy atom. The zero-order valence-corrected chi connectivity index (χ0v) is 13.1. The fourth-order valence-corrected chi connectivity index (χ4v) is 2.58. The summed E-state index contributed by atoms with van der Waals surface area (Å²) >= 11 is 0. The highest BCUT2D eigenvalue weighted by molar-refractivity contribution is 5.78. The fourth-order valence-electron chi connectivity index (χ4n) is 2.58. The van der Waals surface area contributed by atoms with E-state index in [9.17, 15) is 18.7 Å². The number of ether oxygens (including phenoxy) is 1. The average molecular weight is 328 g/mol. The van der Waals surface area contributed by atoms with Crippen molar-refractivity contribution >= 4 is 5.91 Å². The second-order valence-electron chi connectivity index (χ2n) is 5.69. The van der Waals surface area contributed by atoms with Gasteiger partial charge in [-0.25, -0.2) is 8.78 Å². The molecule has 0 aromatic heterocycles. The third-order valence-electron chi connectivity index (χ3n) is 3.97. The number of likely N-dealkylation sites (tertiary alicyclic amines) is 1. The van der Waals surface area contributed by atoms with Gasteiger partial charge in [0, 0.05) is 19.6 Å². The molecule has 23 heavy (non-hydrogen) atoms. The minimum absolute atomic E-state index is 0.0574. The van der Waals surface area contributed by atoms with Crippen LogP contribution in [-0.4, -0.2) is 72.9 Å². The number of carbonyl (C=O) groups is 1. The van der Waals surface area contributed by atoms with E-state index in [1.54, 1.807) is 24.1 Å². The lowest BCUT2D eigenvalue weighted by atomic mass is 10.2. The summed E-state index contributed by atoms with van der Waals surface area (Å²) in [6, 6.07) is 5.76. The number of aliphatic hydroxyl groups excluding tert-OH is 1. The van der Waals surface area contributed by atoms with Gasteiger partial charge in [0.05, 0.1) is 19.7 Å². The lowest BCUT2D eigenvalue weighted by Crippen LogP contribution is -2.43. The van der Waals surface area contributed by atoms with Crippen LogP contribution in [-0.2, 0) is 4.79 Å². The Balaban J connectivity index is 1.76. The predicted molar refractivity (Wildman–Crippen MR) is 81.5 cm³/mol. The van der Waals surface area contributed by atoms with Crippen LogP contribution in [0.3, 0.4) is 0 Å². The number of halogens is 2. The van der Waals surface area contributed by atoms with E-state index in [-0.39, 0.29) is 50.4 Å². The summed E-state index contributed by atoms with van der Waals surface area (Å²) < 4.78 is 32.1. The molecule has 0 unspecified atom stereocenters. The molecule has 0 spiro atoms. The molecule has 1 fully saturated rings. The van der Waals surface area contributed by atoms with E-state index in [0.717, 1.165) is 0 Å². The van der Waals surface area contributed by atoms with Crippen LogP contribution in [0.1, 0.15) is 6.42 Å². The normalized spacial score (nSPS) is 21.4. The zero-order valence-electron chi connectivity index (χ0n) is 13.1. The molecule has 1 saturated heterocycles. The molecular formula is C16H22F2N2O3. The van der Waals surface area contributed by atoms with Gasteiger partial charge in [-0.15, -0.1) is 0 Å². The number of likely N-dealkylation sites (N-methyl/N-ethyl adjacent to an activating group) is 1. The molecule has 1 N–H and O–H groups in total. The molecule has 128 valence electrons. The Hall–Kier alpha value is -1.73. The number of alkyl halides is 1. The van der Waals surface area contributed by atoms with Crippen LogP contribution in [0.5, 0.6) is 5.75 Å². The van der Waals surface area contributed by atoms with Crippen LogP contribution < -0.4 is 4.74 Å². The van der Waals surface area contributed by atoms with Gasteiger partial charge in [0.25, 0.3) is 0 Å². The maximum absolute atomic E-state index is 13.4. The van der Waals surface area contributed by atoms with Crippen LogP contribution >= 0.6 is 0 Å². The summed E-state index contributed by atoms with van der Waals surface area (Å²) in [6.07, 6.45) is -0.751. The highest BCUT2D eigenvalue weighted by atomic mass is 19.1. The van der Waals surface area contributed by atoms with Crippen molar-refractivity contribution in [3.05, 3.63) is 30.1 Å². The van der Waals surface area contributed by atoms with Crippen LogP contribution in [0.2, 0.25) is 0 Å². The van der Waals surface area contributed by atoms with Gasteiger partial charge in [-0.2, -0.15) is 0 Å². The number of hydrogen-bond acceptors (Lipinski definition) is 4. The molecule has 2 rings (SSSR count). The molecule has 2 atom stereocenters. The van der Waals surface area contributed by atoms with Crippen molar-refractivity contribution in [3.63, 3.8) is 0 Å². The number of carbonyl (C=O) groups excluding carboxylic acids is 1. The van der Waals surface area contributed by atoms with E-state index < -0.39 is 12.0 Å². The van der Waals surface area contributed by atoms with Gasteiger partial charge < -0.3 is 14.7 Å². The predicted octanol–water partition coefficient (Wildman–Crippen LogP) is 1.07. The van der Waals surface area contributed by atoms with Crippen molar-refractivity contribution in [3.8, 4) is 5.75 Å². The summed E-state index contributed by atoms with van der Waals surface area (Å²) in [5.74, 6) is -0.485. The Bertz CT molecular complexity index is 530. The number of aliphatic hydroxyl groups is 1. The third-order valence-corrected chi connectivity index (χ3v) is 3.97. The van der Waals surface area contributed by atoms with Gasteiger partial charge >= 0.3 is 0 Å². The van der Waals surface area contributed by atoms with Gasteiger partial charge in [0.1, 0.15) is 12.8 Å². The van der Waals surface area contributed by atoms with E-state index in [1.807, 2.05) is 0 Å². The van der Waals surface area contributed by atoms with E-state index in [2.05, 4.69) is 0 Å². The third kappa shape index (κ3) is 4.87. The largest absolute Gasteiger partial charge is 0.489 e. The Morgan fingerprint density at radius 3 is 2.91 bits per heavy atom. The van der Waals surface area contributed by atoms with Crippen LogP contribution in [0, 0.1) is 5.82 Å². The summed E-state index contributed by atoms with van der Waals surface area (Å²) in [5, 5.41) is 9.21. The summed E-state index contributed by atoms with van der Waals surface area (Å²) in [6.45, 7) is 0.522.